The molecule has 0 bridgehead atoms. The van der Waals surface area contributed by atoms with Gasteiger partial charge in [0.05, 0.1) is 11.6 Å². The number of aromatic nitrogens is 1. The van der Waals surface area contributed by atoms with Crippen molar-refractivity contribution in [1.29, 1.82) is 0 Å². The van der Waals surface area contributed by atoms with E-state index in [9.17, 15) is 4.79 Å². The van der Waals surface area contributed by atoms with E-state index in [1.165, 1.54) is 0 Å². The lowest BCUT2D eigenvalue weighted by Gasteiger charge is -2.06. The molecular weight excluding hydrogens is 214 g/mol. The van der Waals surface area contributed by atoms with Crippen molar-refractivity contribution in [2.45, 2.75) is 13.8 Å². The molecule has 0 saturated carbocycles. The summed E-state index contributed by atoms with van der Waals surface area (Å²) < 4.78 is 0. The number of H-pyrrole nitrogens is 1. The number of hydrogen-bond acceptors (Lipinski definition) is 2. The maximum atomic E-state index is 11.3. The number of carbonyl (C=O) groups excluding carboxylic acids is 1. The molecule has 0 aliphatic carbocycles. The molecule has 0 aromatic carbocycles. The van der Waals surface area contributed by atoms with Crippen molar-refractivity contribution in [3.05, 3.63) is 42.4 Å². The highest BCUT2D eigenvalue weighted by atomic mass is 16.1. The van der Waals surface area contributed by atoms with Gasteiger partial charge in [-0.15, -0.1) is 0 Å². The Morgan fingerprint density at radius 2 is 2.24 bits per heavy atom. The highest BCUT2D eigenvalue weighted by molar-refractivity contribution is 5.79. The van der Waals surface area contributed by atoms with Gasteiger partial charge < -0.3 is 15.6 Å². The molecule has 0 aliphatic heterocycles. The number of anilines is 1. The molecule has 1 aromatic rings. The van der Waals surface area contributed by atoms with Crippen LogP contribution in [0.4, 0.5) is 5.69 Å². The van der Waals surface area contributed by atoms with Gasteiger partial charge in [-0.05, 0) is 18.6 Å². The van der Waals surface area contributed by atoms with Gasteiger partial charge in [0.25, 0.3) is 0 Å². The van der Waals surface area contributed by atoms with E-state index in [1.54, 1.807) is 7.05 Å². The molecule has 1 rings (SSSR count). The minimum absolute atomic E-state index is 0.00752. The molecule has 0 aliphatic rings. The molecule has 17 heavy (non-hydrogen) atoms. The van der Waals surface area contributed by atoms with Gasteiger partial charge in [0, 0.05) is 25.1 Å². The van der Waals surface area contributed by atoms with E-state index in [2.05, 4.69) is 22.2 Å². The van der Waals surface area contributed by atoms with Crippen LogP contribution in [0.5, 0.6) is 0 Å². The van der Waals surface area contributed by atoms with Gasteiger partial charge in [-0.3, -0.25) is 4.79 Å². The zero-order chi connectivity index (χ0) is 12.8. The van der Waals surface area contributed by atoms with Crippen molar-refractivity contribution >= 4 is 11.6 Å². The minimum Gasteiger partial charge on any atom is -0.366 e. The molecule has 0 saturated heterocycles. The quantitative estimate of drug-likeness (QED) is 0.683. The van der Waals surface area contributed by atoms with Crippen molar-refractivity contribution < 1.29 is 4.79 Å². The van der Waals surface area contributed by atoms with E-state index in [-0.39, 0.29) is 11.8 Å². The van der Waals surface area contributed by atoms with Crippen molar-refractivity contribution in [1.82, 2.24) is 10.3 Å². The molecule has 1 atom stereocenters. The van der Waals surface area contributed by atoms with Crippen molar-refractivity contribution in [3.8, 4) is 0 Å². The summed E-state index contributed by atoms with van der Waals surface area (Å²) in [6.07, 6.45) is 7.41. The average molecular weight is 233 g/mol. The van der Waals surface area contributed by atoms with Gasteiger partial charge in [0.1, 0.15) is 0 Å². The summed E-state index contributed by atoms with van der Waals surface area (Å²) in [5, 5.41) is 5.76. The van der Waals surface area contributed by atoms with Gasteiger partial charge in [0.2, 0.25) is 5.91 Å². The Labute approximate surface area is 102 Å². The summed E-state index contributed by atoms with van der Waals surface area (Å²) in [6, 6.07) is 0. The Kier molecular flexibility index (Phi) is 4.57. The maximum Gasteiger partial charge on any atom is 0.226 e. The SMILES string of the molecule is C=C(/C=C\C(C)C(=O)NC)Nc1c[nH]cc1C. The molecule has 1 unspecified atom stereocenters. The number of aryl methyl sites for hydroxylation is 1. The van der Waals surface area contributed by atoms with Crippen molar-refractivity contribution in [3.63, 3.8) is 0 Å². The molecule has 1 aromatic heterocycles. The van der Waals surface area contributed by atoms with Crippen LogP contribution in [0, 0.1) is 12.8 Å². The molecular formula is C13H19N3O. The first-order chi connectivity index (χ1) is 8.04. The van der Waals surface area contributed by atoms with Crippen LogP contribution in [0.1, 0.15) is 12.5 Å². The third kappa shape index (κ3) is 3.83. The average Bonchev–Trinajstić information content (AvgIpc) is 2.71. The summed E-state index contributed by atoms with van der Waals surface area (Å²) in [6.45, 7) is 7.72. The second-order valence-electron chi connectivity index (χ2n) is 3.96. The van der Waals surface area contributed by atoms with Crippen LogP contribution in [0.3, 0.4) is 0 Å². The van der Waals surface area contributed by atoms with Gasteiger partial charge in [-0.2, -0.15) is 0 Å². The van der Waals surface area contributed by atoms with Crippen LogP contribution >= 0.6 is 0 Å². The summed E-state index contributed by atoms with van der Waals surface area (Å²) in [5.74, 6) is -0.169. The first kappa shape index (κ1) is 13.1. The van der Waals surface area contributed by atoms with Crippen LogP contribution in [-0.4, -0.2) is 17.9 Å². The van der Waals surface area contributed by atoms with E-state index >= 15 is 0 Å². The highest BCUT2D eigenvalue weighted by Crippen LogP contribution is 2.15. The fourth-order valence-electron chi connectivity index (χ4n) is 1.37. The van der Waals surface area contributed by atoms with Crippen LogP contribution in [0.25, 0.3) is 0 Å². The number of hydrogen-bond donors (Lipinski definition) is 3. The van der Waals surface area contributed by atoms with Gasteiger partial charge >= 0.3 is 0 Å². The molecule has 0 radical (unpaired) electrons. The van der Waals surface area contributed by atoms with Crippen molar-refractivity contribution in [2.75, 3.05) is 12.4 Å². The number of rotatable bonds is 5. The first-order valence-electron chi connectivity index (χ1n) is 5.53. The number of nitrogens with one attached hydrogen (secondary N) is 3. The summed E-state index contributed by atoms with van der Waals surface area (Å²) in [5.41, 5.74) is 2.87. The van der Waals surface area contributed by atoms with E-state index in [4.69, 9.17) is 0 Å². The Morgan fingerprint density at radius 1 is 1.53 bits per heavy atom. The van der Waals surface area contributed by atoms with Crippen molar-refractivity contribution in [2.24, 2.45) is 5.92 Å². The lowest BCUT2D eigenvalue weighted by atomic mass is 10.1. The molecule has 1 amide bonds. The molecule has 4 nitrogen and oxygen atoms in total. The fourth-order valence-corrected chi connectivity index (χ4v) is 1.37. The van der Waals surface area contributed by atoms with Gasteiger partial charge in [0.15, 0.2) is 0 Å². The largest absolute Gasteiger partial charge is 0.366 e. The molecule has 3 N–H and O–H groups in total. The third-order valence-electron chi connectivity index (χ3n) is 2.49. The molecule has 4 heteroatoms. The summed E-state index contributed by atoms with van der Waals surface area (Å²) >= 11 is 0. The van der Waals surface area contributed by atoms with Gasteiger partial charge in [-0.1, -0.05) is 19.6 Å². The second-order valence-corrected chi connectivity index (χ2v) is 3.96. The van der Waals surface area contributed by atoms with Crippen LogP contribution in [-0.2, 0) is 4.79 Å². The first-order valence-corrected chi connectivity index (χ1v) is 5.53. The van der Waals surface area contributed by atoms with Crippen LogP contribution < -0.4 is 10.6 Å². The monoisotopic (exact) mass is 233 g/mol. The van der Waals surface area contributed by atoms with Gasteiger partial charge in [-0.25, -0.2) is 0 Å². The standard InChI is InChI=1S/C13H19N3O/c1-9(13(17)14-4)5-6-11(3)16-12-8-15-7-10(12)2/h5-9,15-16H,3H2,1-2,4H3,(H,14,17)/b6-5-. The topological polar surface area (TPSA) is 56.9 Å². The Bertz CT molecular complexity index is 432. The molecule has 0 spiro atoms. The second kappa shape index (κ2) is 5.94. The minimum atomic E-state index is -0.161. The van der Waals surface area contributed by atoms with E-state index in [1.807, 2.05) is 38.4 Å². The fraction of sp³-hybridized carbons (Fsp3) is 0.308. The predicted molar refractivity (Wildman–Crippen MR) is 70.7 cm³/mol. The molecule has 92 valence electrons. The smallest absolute Gasteiger partial charge is 0.226 e. The zero-order valence-corrected chi connectivity index (χ0v) is 10.5. The Morgan fingerprint density at radius 3 is 2.76 bits per heavy atom. The van der Waals surface area contributed by atoms with E-state index in [0.717, 1.165) is 16.9 Å². The lowest BCUT2D eigenvalue weighted by molar-refractivity contribution is -0.122. The van der Waals surface area contributed by atoms with E-state index < -0.39 is 0 Å². The normalized spacial score (nSPS) is 12.4. The zero-order valence-electron chi connectivity index (χ0n) is 10.5. The maximum absolute atomic E-state index is 11.3. The molecule has 1 heterocycles. The summed E-state index contributed by atoms with van der Waals surface area (Å²) in [4.78, 5) is 14.3. The van der Waals surface area contributed by atoms with E-state index in [0.29, 0.717) is 0 Å². The third-order valence-corrected chi connectivity index (χ3v) is 2.49. The highest BCUT2D eigenvalue weighted by Gasteiger charge is 2.06. The number of carbonyl (C=O) groups is 1. The van der Waals surface area contributed by atoms with Crippen LogP contribution in [0.2, 0.25) is 0 Å². The lowest BCUT2D eigenvalue weighted by Crippen LogP contribution is -2.23. The molecule has 0 fully saturated rings. The van der Waals surface area contributed by atoms with Crippen LogP contribution in [0.15, 0.2) is 36.8 Å². The number of allylic oxidation sites excluding steroid dienone is 1. The Balaban J connectivity index is 2.53. The summed E-state index contributed by atoms with van der Waals surface area (Å²) in [7, 11) is 1.63. The number of amides is 1. The Hall–Kier alpha value is -1.97. The number of aromatic amines is 1. The predicted octanol–water partition coefficient (Wildman–Crippen LogP) is 2.19.